The number of aromatic nitrogens is 2. The monoisotopic (exact) mass is 310 g/mol. The van der Waals surface area contributed by atoms with Crippen LogP contribution in [-0.4, -0.2) is 43.9 Å². The van der Waals surface area contributed by atoms with E-state index in [1.54, 1.807) is 0 Å². The Balaban J connectivity index is 2.46. The SMILES string of the molecule is Cc1nn(C)c(C(=O)N2N=CC[C@]2(O)C(F)(F)F)c1Cl. The van der Waals surface area contributed by atoms with Gasteiger partial charge >= 0.3 is 6.18 Å². The molecule has 1 aliphatic heterocycles. The van der Waals surface area contributed by atoms with Gasteiger partial charge in [0.05, 0.1) is 10.7 Å². The Morgan fingerprint density at radius 2 is 2.15 bits per heavy atom. The van der Waals surface area contributed by atoms with Crippen molar-refractivity contribution in [2.45, 2.75) is 25.2 Å². The van der Waals surface area contributed by atoms with E-state index in [2.05, 4.69) is 10.2 Å². The number of aryl methyl sites for hydroxylation is 2. The minimum absolute atomic E-state index is 0.0185. The van der Waals surface area contributed by atoms with E-state index in [4.69, 9.17) is 11.6 Å². The average Bonchev–Trinajstić information content (AvgIpc) is 2.81. The van der Waals surface area contributed by atoms with E-state index in [9.17, 15) is 23.1 Å². The third-order valence-corrected chi connectivity index (χ3v) is 3.37. The maximum absolute atomic E-state index is 12.9. The highest BCUT2D eigenvalue weighted by atomic mass is 35.5. The fraction of sp³-hybridized carbons (Fsp3) is 0.500. The van der Waals surface area contributed by atoms with Crippen LogP contribution in [0.1, 0.15) is 22.6 Å². The molecule has 6 nitrogen and oxygen atoms in total. The zero-order valence-corrected chi connectivity index (χ0v) is 11.2. The number of nitrogens with zero attached hydrogens (tertiary/aromatic N) is 4. The van der Waals surface area contributed by atoms with Crippen LogP contribution in [0.15, 0.2) is 5.10 Å². The third-order valence-electron chi connectivity index (χ3n) is 2.92. The second-order valence-corrected chi connectivity index (χ2v) is 4.68. The molecule has 20 heavy (non-hydrogen) atoms. The number of carbonyl (C=O) groups is 1. The minimum atomic E-state index is -5.04. The number of aliphatic hydroxyl groups is 1. The maximum Gasteiger partial charge on any atom is 0.438 e. The van der Waals surface area contributed by atoms with Gasteiger partial charge < -0.3 is 5.11 Å². The van der Waals surface area contributed by atoms with E-state index in [0.29, 0.717) is 0 Å². The first-order valence-corrected chi connectivity index (χ1v) is 5.82. The summed E-state index contributed by atoms with van der Waals surface area (Å²) in [6.45, 7) is 1.50. The summed E-state index contributed by atoms with van der Waals surface area (Å²) >= 11 is 5.85. The zero-order valence-electron chi connectivity index (χ0n) is 10.4. The lowest BCUT2D eigenvalue weighted by molar-refractivity contribution is -0.297. The molecule has 1 aliphatic rings. The number of hydrazone groups is 1. The lowest BCUT2D eigenvalue weighted by Crippen LogP contribution is -2.56. The van der Waals surface area contributed by atoms with Crippen LogP contribution in [0.2, 0.25) is 5.02 Å². The van der Waals surface area contributed by atoms with Crippen molar-refractivity contribution in [1.82, 2.24) is 14.8 Å². The Morgan fingerprint density at radius 3 is 2.60 bits per heavy atom. The zero-order chi connectivity index (χ0) is 15.3. The van der Waals surface area contributed by atoms with Crippen molar-refractivity contribution in [3.63, 3.8) is 0 Å². The molecule has 10 heteroatoms. The molecule has 0 fully saturated rings. The third kappa shape index (κ3) is 1.97. The van der Waals surface area contributed by atoms with Crippen LogP contribution in [-0.2, 0) is 7.05 Å². The first-order valence-electron chi connectivity index (χ1n) is 5.45. The molecule has 110 valence electrons. The van der Waals surface area contributed by atoms with Gasteiger partial charge in [0, 0.05) is 19.7 Å². The Morgan fingerprint density at radius 1 is 1.55 bits per heavy atom. The Bertz CT molecular complexity index is 598. The quantitative estimate of drug-likeness (QED) is 0.854. The van der Waals surface area contributed by atoms with Gasteiger partial charge in [0.25, 0.3) is 11.6 Å². The first-order chi connectivity index (χ1) is 9.09. The molecule has 0 aliphatic carbocycles. The van der Waals surface area contributed by atoms with E-state index in [1.165, 1.54) is 14.0 Å². The number of hydrogen-bond donors (Lipinski definition) is 1. The molecule has 0 aromatic carbocycles. The summed E-state index contributed by atoms with van der Waals surface area (Å²) in [5.41, 5.74) is -3.35. The van der Waals surface area contributed by atoms with Gasteiger partial charge in [0.1, 0.15) is 5.69 Å². The second-order valence-electron chi connectivity index (χ2n) is 4.31. The summed E-state index contributed by atoms with van der Waals surface area (Å²) in [6, 6.07) is 0. The van der Waals surface area contributed by atoms with Gasteiger partial charge in [0.2, 0.25) is 0 Å². The normalized spacial score (nSPS) is 22.6. The van der Waals surface area contributed by atoms with E-state index in [-0.39, 0.29) is 21.4 Å². The van der Waals surface area contributed by atoms with Crippen molar-refractivity contribution in [2.75, 3.05) is 0 Å². The van der Waals surface area contributed by atoms with Crippen LogP contribution >= 0.6 is 11.6 Å². The lowest BCUT2D eigenvalue weighted by atomic mass is 10.1. The number of halogens is 4. The van der Waals surface area contributed by atoms with Crippen LogP contribution in [0.4, 0.5) is 13.2 Å². The van der Waals surface area contributed by atoms with E-state index >= 15 is 0 Å². The number of rotatable bonds is 1. The van der Waals surface area contributed by atoms with Gasteiger partial charge in [-0.1, -0.05) is 11.6 Å². The number of amides is 1. The Kier molecular flexibility index (Phi) is 3.29. The molecule has 0 radical (unpaired) electrons. The summed E-state index contributed by atoms with van der Waals surface area (Å²) in [7, 11) is 1.36. The highest BCUT2D eigenvalue weighted by Crippen LogP contribution is 2.39. The summed E-state index contributed by atoms with van der Waals surface area (Å²) in [4.78, 5) is 12.2. The van der Waals surface area contributed by atoms with Gasteiger partial charge in [-0.2, -0.15) is 28.4 Å². The molecule has 1 N–H and O–H groups in total. The van der Waals surface area contributed by atoms with Crippen LogP contribution in [0.5, 0.6) is 0 Å². The van der Waals surface area contributed by atoms with E-state index < -0.39 is 24.2 Å². The topological polar surface area (TPSA) is 70.7 Å². The number of hydrogen-bond acceptors (Lipinski definition) is 4. The van der Waals surface area contributed by atoms with Crippen molar-refractivity contribution in [3.8, 4) is 0 Å². The average molecular weight is 311 g/mol. The molecule has 0 spiro atoms. The predicted molar refractivity (Wildman–Crippen MR) is 63.2 cm³/mol. The number of alkyl halides is 3. The first kappa shape index (κ1) is 14.8. The summed E-state index contributed by atoms with van der Waals surface area (Å²) in [5, 5.41) is 16.7. The number of carbonyl (C=O) groups excluding carboxylic acids is 1. The fourth-order valence-corrected chi connectivity index (χ4v) is 2.09. The van der Waals surface area contributed by atoms with Gasteiger partial charge in [-0.3, -0.25) is 9.48 Å². The molecule has 0 saturated carbocycles. The molecule has 1 aromatic heterocycles. The van der Waals surface area contributed by atoms with E-state index in [1.807, 2.05) is 0 Å². The van der Waals surface area contributed by atoms with Crippen molar-refractivity contribution in [3.05, 3.63) is 16.4 Å². The Labute approximate surface area is 116 Å². The Hall–Kier alpha value is -1.61. The molecule has 0 unspecified atom stereocenters. The summed E-state index contributed by atoms with van der Waals surface area (Å²) in [6.07, 6.45) is -5.06. The van der Waals surface area contributed by atoms with Crippen LogP contribution in [0.25, 0.3) is 0 Å². The molecule has 0 saturated heterocycles. The molecule has 0 bridgehead atoms. The molecular weight excluding hydrogens is 301 g/mol. The van der Waals surface area contributed by atoms with Crippen molar-refractivity contribution < 1.29 is 23.1 Å². The largest absolute Gasteiger partial charge is 0.438 e. The van der Waals surface area contributed by atoms with Gasteiger partial charge in [-0.15, -0.1) is 0 Å². The standard InChI is InChI=1S/C10H10ClF3N4O2/c1-5-6(11)7(17(2)16-5)8(19)18-9(20,3-4-15-18)10(12,13)14/h4,20H,3H2,1-2H3/t9-/m0/s1. The van der Waals surface area contributed by atoms with Crippen molar-refractivity contribution in [1.29, 1.82) is 0 Å². The smallest absolute Gasteiger partial charge is 0.362 e. The highest BCUT2D eigenvalue weighted by Gasteiger charge is 2.62. The molecule has 1 aromatic rings. The van der Waals surface area contributed by atoms with Crippen LogP contribution in [0.3, 0.4) is 0 Å². The molecule has 2 rings (SSSR count). The lowest BCUT2D eigenvalue weighted by Gasteiger charge is -2.32. The van der Waals surface area contributed by atoms with Gasteiger partial charge in [-0.05, 0) is 6.92 Å². The molecule has 1 amide bonds. The van der Waals surface area contributed by atoms with Gasteiger partial charge in [0.15, 0.2) is 0 Å². The van der Waals surface area contributed by atoms with Crippen molar-refractivity contribution in [2.24, 2.45) is 12.1 Å². The highest BCUT2D eigenvalue weighted by molar-refractivity contribution is 6.34. The fourth-order valence-electron chi connectivity index (χ4n) is 1.85. The van der Waals surface area contributed by atoms with Crippen LogP contribution in [0, 0.1) is 6.92 Å². The molecule has 1 atom stereocenters. The van der Waals surface area contributed by atoms with E-state index in [0.717, 1.165) is 10.9 Å². The summed E-state index contributed by atoms with van der Waals surface area (Å²) in [5.74, 6) is -1.17. The van der Waals surface area contributed by atoms with Crippen molar-refractivity contribution >= 4 is 23.7 Å². The molecular formula is C10H10ClF3N4O2. The minimum Gasteiger partial charge on any atom is -0.362 e. The van der Waals surface area contributed by atoms with Gasteiger partial charge in [-0.25, -0.2) is 0 Å². The predicted octanol–water partition coefficient (Wildman–Crippen LogP) is 1.46. The van der Waals surface area contributed by atoms with Crippen LogP contribution < -0.4 is 0 Å². The maximum atomic E-state index is 12.9. The summed E-state index contributed by atoms with van der Waals surface area (Å²) < 4.78 is 39.7. The molecule has 2 heterocycles. The second kappa shape index (κ2) is 4.45.